The number of rotatable bonds is 6. The van der Waals surface area contributed by atoms with Crippen LogP contribution >= 0.6 is 0 Å². The Hall–Kier alpha value is -0.860. The largest absolute Gasteiger partial charge is 0.314 e. The predicted molar refractivity (Wildman–Crippen MR) is 80.3 cm³/mol. The zero-order valence-electron chi connectivity index (χ0n) is 12.8. The second-order valence-corrected chi connectivity index (χ2v) is 6.04. The summed E-state index contributed by atoms with van der Waals surface area (Å²) in [5, 5.41) is 3.35. The van der Waals surface area contributed by atoms with E-state index >= 15 is 0 Å². The van der Waals surface area contributed by atoms with Crippen molar-refractivity contribution in [1.82, 2.24) is 10.2 Å². The van der Waals surface area contributed by atoms with E-state index in [0.29, 0.717) is 0 Å². The lowest BCUT2D eigenvalue weighted by atomic mass is 10.0. The van der Waals surface area contributed by atoms with Crippen LogP contribution in [0.15, 0.2) is 18.2 Å². The molecule has 0 saturated heterocycles. The summed E-state index contributed by atoms with van der Waals surface area (Å²) in [5.74, 6) is 0. The molecular weight excluding hydrogens is 220 g/mol. The monoisotopic (exact) mass is 248 g/mol. The van der Waals surface area contributed by atoms with Crippen molar-refractivity contribution >= 4 is 0 Å². The summed E-state index contributed by atoms with van der Waals surface area (Å²) in [7, 11) is 4.22. The van der Waals surface area contributed by atoms with Gasteiger partial charge in [0, 0.05) is 18.6 Å². The summed E-state index contributed by atoms with van der Waals surface area (Å²) in [6.45, 7) is 11.0. The molecule has 0 fully saturated rings. The highest BCUT2D eigenvalue weighted by Crippen LogP contribution is 2.11. The Morgan fingerprint density at radius 1 is 1.17 bits per heavy atom. The molecule has 0 aromatic heterocycles. The molecule has 0 aliphatic carbocycles. The second-order valence-electron chi connectivity index (χ2n) is 6.04. The van der Waals surface area contributed by atoms with Crippen LogP contribution in [0.5, 0.6) is 0 Å². The molecule has 0 radical (unpaired) electrons. The SMILES string of the molecule is CNC(C)(C)CN(C)CCc1ccc(C)c(C)c1. The van der Waals surface area contributed by atoms with E-state index in [-0.39, 0.29) is 5.54 Å². The Morgan fingerprint density at radius 2 is 1.83 bits per heavy atom. The van der Waals surface area contributed by atoms with E-state index in [1.807, 2.05) is 7.05 Å². The van der Waals surface area contributed by atoms with Gasteiger partial charge in [-0.3, -0.25) is 0 Å². The lowest BCUT2D eigenvalue weighted by molar-refractivity contribution is 0.246. The third-order valence-corrected chi connectivity index (χ3v) is 3.70. The van der Waals surface area contributed by atoms with Crippen LogP contribution in [0.25, 0.3) is 0 Å². The fourth-order valence-electron chi connectivity index (χ4n) is 2.11. The zero-order valence-corrected chi connectivity index (χ0v) is 12.8. The van der Waals surface area contributed by atoms with Gasteiger partial charge in [0.05, 0.1) is 0 Å². The highest BCUT2D eigenvalue weighted by atomic mass is 15.1. The van der Waals surface area contributed by atoms with Gasteiger partial charge in [-0.1, -0.05) is 18.2 Å². The van der Waals surface area contributed by atoms with Crippen molar-refractivity contribution in [3.8, 4) is 0 Å². The number of hydrogen-bond acceptors (Lipinski definition) is 2. The van der Waals surface area contributed by atoms with Crippen molar-refractivity contribution in [2.45, 2.75) is 39.7 Å². The van der Waals surface area contributed by atoms with Gasteiger partial charge in [-0.15, -0.1) is 0 Å². The zero-order chi connectivity index (χ0) is 13.8. The molecule has 0 aliphatic heterocycles. The normalized spacial score (nSPS) is 12.2. The lowest BCUT2D eigenvalue weighted by Crippen LogP contribution is -2.46. The third kappa shape index (κ3) is 4.79. The van der Waals surface area contributed by atoms with E-state index in [9.17, 15) is 0 Å². The number of likely N-dealkylation sites (N-methyl/N-ethyl adjacent to an activating group) is 2. The Balaban J connectivity index is 2.47. The second kappa shape index (κ2) is 6.35. The van der Waals surface area contributed by atoms with Gasteiger partial charge in [-0.25, -0.2) is 0 Å². The fourth-order valence-corrected chi connectivity index (χ4v) is 2.11. The van der Waals surface area contributed by atoms with Crippen molar-refractivity contribution in [3.05, 3.63) is 34.9 Å². The van der Waals surface area contributed by atoms with Gasteiger partial charge in [0.1, 0.15) is 0 Å². The Morgan fingerprint density at radius 3 is 2.39 bits per heavy atom. The van der Waals surface area contributed by atoms with E-state index in [1.54, 1.807) is 0 Å². The van der Waals surface area contributed by atoms with Crippen molar-refractivity contribution in [2.75, 3.05) is 27.2 Å². The van der Waals surface area contributed by atoms with Crippen LogP contribution in [-0.4, -0.2) is 37.6 Å². The molecule has 0 aliphatic rings. The number of aryl methyl sites for hydroxylation is 2. The molecule has 102 valence electrons. The first-order valence-electron chi connectivity index (χ1n) is 6.77. The molecule has 0 bridgehead atoms. The molecule has 1 N–H and O–H groups in total. The first kappa shape index (κ1) is 15.2. The van der Waals surface area contributed by atoms with Crippen molar-refractivity contribution in [2.24, 2.45) is 0 Å². The average Bonchev–Trinajstić information content (AvgIpc) is 2.30. The number of hydrogen-bond donors (Lipinski definition) is 1. The average molecular weight is 248 g/mol. The predicted octanol–water partition coefficient (Wildman–Crippen LogP) is 2.78. The molecule has 0 atom stereocenters. The summed E-state index contributed by atoms with van der Waals surface area (Å²) in [5.41, 5.74) is 4.39. The molecule has 2 nitrogen and oxygen atoms in total. The maximum absolute atomic E-state index is 3.35. The minimum absolute atomic E-state index is 0.179. The number of benzene rings is 1. The quantitative estimate of drug-likeness (QED) is 0.833. The smallest absolute Gasteiger partial charge is 0.0249 e. The molecule has 18 heavy (non-hydrogen) atoms. The van der Waals surface area contributed by atoms with Gasteiger partial charge in [-0.05, 0) is 64.9 Å². The van der Waals surface area contributed by atoms with Crippen LogP contribution in [0.4, 0.5) is 0 Å². The molecule has 1 aromatic rings. The van der Waals surface area contributed by atoms with Crippen LogP contribution in [0.2, 0.25) is 0 Å². The van der Waals surface area contributed by atoms with Crippen molar-refractivity contribution in [3.63, 3.8) is 0 Å². The van der Waals surface area contributed by atoms with E-state index in [4.69, 9.17) is 0 Å². The lowest BCUT2D eigenvalue weighted by Gasteiger charge is -2.30. The Bertz CT molecular complexity index is 383. The van der Waals surface area contributed by atoms with Gasteiger partial charge < -0.3 is 10.2 Å². The molecule has 2 heteroatoms. The third-order valence-electron chi connectivity index (χ3n) is 3.70. The summed E-state index contributed by atoms with van der Waals surface area (Å²) in [4.78, 5) is 2.39. The highest BCUT2D eigenvalue weighted by Gasteiger charge is 2.16. The minimum Gasteiger partial charge on any atom is -0.314 e. The Kier molecular flexibility index (Phi) is 5.36. The first-order chi connectivity index (χ1) is 8.34. The summed E-state index contributed by atoms with van der Waals surface area (Å²) in [6, 6.07) is 6.79. The van der Waals surface area contributed by atoms with Crippen molar-refractivity contribution < 1.29 is 0 Å². The highest BCUT2D eigenvalue weighted by molar-refractivity contribution is 5.30. The van der Waals surface area contributed by atoms with Crippen LogP contribution in [0.3, 0.4) is 0 Å². The van der Waals surface area contributed by atoms with Gasteiger partial charge in [0.25, 0.3) is 0 Å². The maximum atomic E-state index is 3.35. The van der Waals surface area contributed by atoms with Crippen LogP contribution in [0, 0.1) is 13.8 Å². The van der Waals surface area contributed by atoms with Gasteiger partial charge >= 0.3 is 0 Å². The molecule has 0 heterocycles. The summed E-state index contributed by atoms with van der Waals surface area (Å²) < 4.78 is 0. The molecule has 0 amide bonds. The Labute approximate surface area is 112 Å². The van der Waals surface area contributed by atoms with Gasteiger partial charge in [0.15, 0.2) is 0 Å². The van der Waals surface area contributed by atoms with Gasteiger partial charge in [-0.2, -0.15) is 0 Å². The van der Waals surface area contributed by atoms with E-state index < -0.39 is 0 Å². The van der Waals surface area contributed by atoms with E-state index in [2.05, 4.69) is 63.2 Å². The van der Waals surface area contributed by atoms with Crippen LogP contribution in [0.1, 0.15) is 30.5 Å². The molecule has 0 unspecified atom stereocenters. The van der Waals surface area contributed by atoms with E-state index in [0.717, 1.165) is 19.5 Å². The topological polar surface area (TPSA) is 15.3 Å². The molecular formula is C16H28N2. The van der Waals surface area contributed by atoms with Crippen LogP contribution < -0.4 is 5.32 Å². The van der Waals surface area contributed by atoms with Crippen LogP contribution in [-0.2, 0) is 6.42 Å². The first-order valence-corrected chi connectivity index (χ1v) is 6.77. The van der Waals surface area contributed by atoms with Gasteiger partial charge in [0.2, 0.25) is 0 Å². The van der Waals surface area contributed by atoms with E-state index in [1.165, 1.54) is 16.7 Å². The van der Waals surface area contributed by atoms with Crippen molar-refractivity contribution in [1.29, 1.82) is 0 Å². The molecule has 0 spiro atoms. The standard InChI is InChI=1S/C16H28N2/c1-13-7-8-15(11-14(13)2)9-10-18(6)12-16(3,4)17-5/h7-8,11,17H,9-10,12H2,1-6H3. The number of nitrogens with zero attached hydrogens (tertiary/aromatic N) is 1. The summed E-state index contributed by atoms with van der Waals surface area (Å²) in [6.07, 6.45) is 1.12. The molecule has 1 rings (SSSR count). The number of nitrogens with one attached hydrogen (secondary N) is 1. The summed E-state index contributed by atoms with van der Waals surface area (Å²) >= 11 is 0. The fraction of sp³-hybridized carbons (Fsp3) is 0.625. The maximum Gasteiger partial charge on any atom is 0.0249 e. The molecule has 0 saturated carbocycles. The minimum atomic E-state index is 0.179. The molecule has 1 aromatic carbocycles.